The van der Waals surface area contributed by atoms with Crippen molar-refractivity contribution in [2.24, 2.45) is 0 Å². The molecule has 0 aromatic heterocycles. The molecule has 0 atom stereocenters. The highest BCUT2D eigenvalue weighted by Gasteiger charge is 2.23. The van der Waals surface area contributed by atoms with Gasteiger partial charge in [0.1, 0.15) is 35.1 Å². The van der Waals surface area contributed by atoms with Crippen molar-refractivity contribution in [3.8, 4) is 35.1 Å². The van der Waals surface area contributed by atoms with Crippen molar-refractivity contribution in [1.82, 2.24) is 0 Å². The van der Waals surface area contributed by atoms with Crippen molar-refractivity contribution < 1.29 is 18.9 Å². The van der Waals surface area contributed by atoms with Crippen LogP contribution in [0.3, 0.4) is 0 Å². The van der Waals surface area contributed by atoms with Crippen molar-refractivity contribution in [2.45, 2.75) is 233 Å². The van der Waals surface area contributed by atoms with E-state index in [4.69, 9.17) is 18.9 Å². The second-order valence-electron chi connectivity index (χ2n) is 17.8. The third-order valence-electron chi connectivity index (χ3n) is 12.1. The van der Waals surface area contributed by atoms with Gasteiger partial charge in [-0.3, -0.25) is 0 Å². The van der Waals surface area contributed by atoms with E-state index in [0.29, 0.717) is 60.6 Å². The molecule has 0 amide bonds. The Balaban J connectivity index is 2.44. The van der Waals surface area contributed by atoms with Crippen LogP contribution in [-0.2, 0) is 0 Å². The molecule has 0 radical (unpaired) electrons. The van der Waals surface area contributed by atoms with Gasteiger partial charge in [0.15, 0.2) is 0 Å². The summed E-state index contributed by atoms with van der Waals surface area (Å²) in [4.78, 5) is 0. The van der Waals surface area contributed by atoms with Gasteiger partial charge in [0.25, 0.3) is 0 Å². The fraction of sp³-hybridized carbons (Fsp3) is 0.714. The SMILES string of the molecule is CCCCCCCCCCOc1cc(/C(C#N)=C(\C#N)c2cc(OCCCCCCCCCC)c(Br)cc2OCCCCCCCCCC)c(OCCCCCCCCCC)cc1Br. The summed E-state index contributed by atoms with van der Waals surface area (Å²) in [5, 5.41) is 22.0. The maximum absolute atomic E-state index is 11.0. The normalized spacial score (nSPS) is 11.6. The molecule has 0 heterocycles. The van der Waals surface area contributed by atoms with E-state index >= 15 is 0 Å². The predicted molar refractivity (Wildman–Crippen MR) is 279 cm³/mol. The monoisotopic (exact) mass is 1010 g/mol. The third-order valence-corrected chi connectivity index (χ3v) is 13.3. The molecule has 8 heteroatoms. The van der Waals surface area contributed by atoms with Gasteiger partial charge in [-0.1, -0.05) is 207 Å². The molecular weight excluding hydrogens is 924 g/mol. The number of halogens is 2. The second-order valence-corrected chi connectivity index (χ2v) is 19.5. The van der Waals surface area contributed by atoms with Crippen molar-refractivity contribution in [1.29, 1.82) is 10.5 Å². The average Bonchev–Trinajstić information content (AvgIpc) is 3.30. The van der Waals surface area contributed by atoms with Gasteiger partial charge in [0, 0.05) is 11.1 Å². The first-order valence-corrected chi connectivity index (χ1v) is 27.8. The van der Waals surface area contributed by atoms with E-state index in [1.54, 1.807) is 0 Å². The predicted octanol–water partition coefficient (Wildman–Crippen LogP) is 19.2. The smallest absolute Gasteiger partial charge is 0.134 e. The Kier molecular flexibility index (Phi) is 35.4. The number of benzene rings is 2. The van der Waals surface area contributed by atoms with E-state index < -0.39 is 0 Å². The van der Waals surface area contributed by atoms with Crippen LogP contribution in [0.4, 0.5) is 0 Å². The van der Waals surface area contributed by atoms with Gasteiger partial charge >= 0.3 is 0 Å². The lowest BCUT2D eigenvalue weighted by atomic mass is 9.94. The highest BCUT2D eigenvalue weighted by Crippen LogP contribution is 2.43. The van der Waals surface area contributed by atoms with Gasteiger partial charge in [-0.25, -0.2) is 0 Å². The van der Waals surface area contributed by atoms with Gasteiger partial charge in [-0.05, 0) is 81.8 Å². The number of allylic oxidation sites excluding steroid dienone is 2. The molecule has 2 aromatic rings. The zero-order valence-corrected chi connectivity index (χ0v) is 44.2. The molecule has 0 fully saturated rings. The Morgan fingerprint density at radius 2 is 0.562 bits per heavy atom. The Morgan fingerprint density at radius 1 is 0.344 bits per heavy atom. The Hall–Kier alpha value is -2.68. The van der Waals surface area contributed by atoms with Crippen LogP contribution in [0, 0.1) is 22.7 Å². The lowest BCUT2D eigenvalue weighted by Crippen LogP contribution is -2.05. The van der Waals surface area contributed by atoms with Crippen molar-refractivity contribution in [3.05, 3.63) is 44.3 Å². The van der Waals surface area contributed by atoms with E-state index in [-0.39, 0.29) is 11.1 Å². The zero-order valence-electron chi connectivity index (χ0n) is 41.0. The topological polar surface area (TPSA) is 84.5 Å². The minimum Gasteiger partial charge on any atom is -0.493 e. The van der Waals surface area contributed by atoms with Crippen LogP contribution < -0.4 is 18.9 Å². The third kappa shape index (κ3) is 25.3. The maximum atomic E-state index is 11.0. The minimum absolute atomic E-state index is 0.228. The number of hydrogen-bond acceptors (Lipinski definition) is 6. The number of nitrogens with zero attached hydrogens (tertiary/aromatic N) is 2. The van der Waals surface area contributed by atoms with E-state index in [1.165, 1.54) is 154 Å². The molecule has 0 aliphatic heterocycles. The van der Waals surface area contributed by atoms with Crippen LogP contribution >= 0.6 is 31.9 Å². The fourth-order valence-electron chi connectivity index (χ4n) is 8.09. The van der Waals surface area contributed by atoms with Crippen LogP contribution in [0.15, 0.2) is 33.2 Å². The standard InChI is InChI=1S/C56H88Br2N2O4/c1-5-9-13-17-21-25-29-33-37-61-53-43-51(57)55(63-39-35-31-27-23-19-15-11-7-3)41-47(53)49(45-59)50(46-60)48-42-56(64-40-36-32-28-24-20-16-12-8-4)52(58)44-54(48)62-38-34-30-26-22-18-14-10-6-2/h41-44H,5-40H2,1-4H3/b50-49+. The molecule has 2 aromatic carbocycles. The van der Waals surface area contributed by atoms with E-state index in [2.05, 4.69) is 71.7 Å². The molecule has 0 saturated carbocycles. The highest BCUT2D eigenvalue weighted by molar-refractivity contribution is 9.11. The van der Waals surface area contributed by atoms with Crippen molar-refractivity contribution in [2.75, 3.05) is 26.4 Å². The lowest BCUT2D eigenvalue weighted by molar-refractivity contribution is 0.294. The van der Waals surface area contributed by atoms with Gasteiger partial charge in [-0.15, -0.1) is 0 Å². The Labute approximate surface area is 409 Å². The molecule has 0 bridgehead atoms. The van der Waals surface area contributed by atoms with Gasteiger partial charge < -0.3 is 18.9 Å². The molecule has 2 rings (SSSR count). The molecule has 360 valence electrons. The summed E-state index contributed by atoms with van der Waals surface area (Å²) in [5.74, 6) is 2.39. The maximum Gasteiger partial charge on any atom is 0.134 e. The molecule has 0 aliphatic rings. The molecule has 0 N–H and O–H groups in total. The number of hydrogen-bond donors (Lipinski definition) is 0. The summed E-state index contributed by atoms with van der Waals surface area (Å²) >= 11 is 7.53. The molecule has 0 unspecified atom stereocenters. The Morgan fingerprint density at radius 3 is 0.797 bits per heavy atom. The first-order valence-electron chi connectivity index (χ1n) is 26.2. The summed E-state index contributed by atoms with van der Waals surface area (Å²) in [6.07, 6.45) is 38.6. The molecular formula is C56H88Br2N2O4. The molecule has 6 nitrogen and oxygen atoms in total. The van der Waals surface area contributed by atoms with Gasteiger partial charge in [0.2, 0.25) is 0 Å². The van der Waals surface area contributed by atoms with E-state index in [0.717, 1.165) is 60.3 Å². The minimum atomic E-state index is 0.228. The first kappa shape index (κ1) is 57.4. The summed E-state index contributed by atoms with van der Waals surface area (Å²) in [6.45, 7) is 11.2. The van der Waals surface area contributed by atoms with Crippen LogP contribution in [-0.4, -0.2) is 26.4 Å². The lowest BCUT2D eigenvalue weighted by Gasteiger charge is -2.18. The number of unbranched alkanes of at least 4 members (excludes halogenated alkanes) is 28. The van der Waals surface area contributed by atoms with Gasteiger partial charge in [0.05, 0.1) is 46.5 Å². The average molecular weight is 1010 g/mol. The number of nitriles is 2. The van der Waals surface area contributed by atoms with Crippen LogP contribution in [0.5, 0.6) is 23.0 Å². The fourth-order valence-corrected chi connectivity index (χ4v) is 8.97. The molecule has 0 saturated heterocycles. The van der Waals surface area contributed by atoms with Crippen LogP contribution in [0.2, 0.25) is 0 Å². The number of ether oxygens (including phenoxy) is 4. The molecule has 64 heavy (non-hydrogen) atoms. The summed E-state index contributed by atoms with van der Waals surface area (Å²) in [6, 6.07) is 12.5. The first-order chi connectivity index (χ1) is 31.4. The molecule has 0 spiro atoms. The quantitative estimate of drug-likeness (QED) is 0.0374. The van der Waals surface area contributed by atoms with Crippen LogP contribution in [0.1, 0.15) is 244 Å². The number of rotatable bonds is 42. The van der Waals surface area contributed by atoms with Crippen molar-refractivity contribution in [3.63, 3.8) is 0 Å². The van der Waals surface area contributed by atoms with Crippen LogP contribution in [0.25, 0.3) is 11.1 Å². The summed E-state index contributed by atoms with van der Waals surface area (Å²) in [7, 11) is 0. The Bertz CT molecular complexity index is 1500. The summed E-state index contributed by atoms with van der Waals surface area (Å²) in [5.41, 5.74) is 1.55. The second kappa shape index (κ2) is 39.5. The highest BCUT2D eigenvalue weighted by atomic mass is 79.9. The van der Waals surface area contributed by atoms with E-state index in [9.17, 15) is 10.5 Å². The largest absolute Gasteiger partial charge is 0.493 e. The zero-order chi connectivity index (χ0) is 46.3. The van der Waals surface area contributed by atoms with E-state index in [1.807, 2.05) is 24.3 Å². The molecule has 0 aliphatic carbocycles. The van der Waals surface area contributed by atoms with Crippen molar-refractivity contribution >= 4 is 43.0 Å². The summed E-state index contributed by atoms with van der Waals surface area (Å²) < 4.78 is 27.3. The van der Waals surface area contributed by atoms with Gasteiger partial charge in [-0.2, -0.15) is 10.5 Å².